The highest BCUT2D eigenvalue weighted by Crippen LogP contribution is 2.20. The van der Waals surface area contributed by atoms with E-state index >= 15 is 0 Å². The zero-order chi connectivity index (χ0) is 11.5. The Morgan fingerprint density at radius 1 is 1.47 bits per heavy atom. The van der Waals surface area contributed by atoms with Crippen LogP contribution in [-0.4, -0.2) is 12.1 Å². The summed E-state index contributed by atoms with van der Waals surface area (Å²) in [5.41, 5.74) is 6.11. The van der Waals surface area contributed by atoms with Gasteiger partial charge in [-0.1, -0.05) is 15.9 Å². The Balaban J connectivity index is 2.54. The lowest BCUT2D eigenvalue weighted by Crippen LogP contribution is -2.34. The summed E-state index contributed by atoms with van der Waals surface area (Å²) in [5, 5.41) is 3.03. The van der Waals surface area contributed by atoms with Crippen molar-refractivity contribution >= 4 is 21.6 Å². The number of benzene rings is 1. The molecule has 0 atom stereocenters. The van der Waals surface area contributed by atoms with Gasteiger partial charge >= 0.3 is 0 Å². The van der Waals surface area contributed by atoms with Crippen LogP contribution in [0, 0.1) is 5.82 Å². The molecule has 0 unspecified atom stereocenters. The normalized spacial score (nSPS) is 11.5. The van der Waals surface area contributed by atoms with E-state index in [-0.39, 0.29) is 11.4 Å². The molecule has 0 aliphatic carbocycles. The van der Waals surface area contributed by atoms with Gasteiger partial charge in [0.15, 0.2) is 0 Å². The van der Waals surface area contributed by atoms with Crippen molar-refractivity contribution in [2.75, 3.05) is 11.9 Å². The third-order valence-electron chi connectivity index (χ3n) is 2.01. The Morgan fingerprint density at radius 3 is 2.73 bits per heavy atom. The molecule has 0 bridgehead atoms. The molecule has 1 aromatic rings. The van der Waals surface area contributed by atoms with Gasteiger partial charge in [0, 0.05) is 16.6 Å². The lowest BCUT2D eigenvalue weighted by Gasteiger charge is -2.19. The minimum Gasteiger partial charge on any atom is -0.383 e. The summed E-state index contributed by atoms with van der Waals surface area (Å²) in [4.78, 5) is 0. The van der Waals surface area contributed by atoms with Crippen LogP contribution in [0.4, 0.5) is 10.1 Å². The minimum absolute atomic E-state index is 0.227. The lowest BCUT2D eigenvalue weighted by molar-refractivity contribution is 0.490. The first-order valence-corrected chi connectivity index (χ1v) is 5.65. The molecule has 0 saturated carbocycles. The van der Waals surface area contributed by atoms with Crippen LogP contribution in [0.15, 0.2) is 22.7 Å². The summed E-state index contributed by atoms with van der Waals surface area (Å²) in [7, 11) is 0. The first-order valence-electron chi connectivity index (χ1n) is 4.86. The van der Waals surface area contributed by atoms with Crippen molar-refractivity contribution in [1.82, 2.24) is 0 Å². The molecule has 84 valence electrons. The number of nitrogens with two attached hydrogens (primary N) is 1. The van der Waals surface area contributed by atoms with E-state index in [1.807, 2.05) is 13.8 Å². The Morgan fingerprint density at radius 2 is 2.13 bits per heavy atom. The maximum atomic E-state index is 13.3. The standard InChI is InChI=1S/C11H16BrFN2/c1-11(2,14)5-6-15-10-7-8(12)3-4-9(10)13/h3-4,7,15H,5-6,14H2,1-2H3. The minimum atomic E-state index is -0.243. The van der Waals surface area contributed by atoms with E-state index in [4.69, 9.17) is 5.73 Å². The average molecular weight is 275 g/mol. The molecule has 3 N–H and O–H groups in total. The van der Waals surface area contributed by atoms with Crippen LogP contribution >= 0.6 is 15.9 Å². The summed E-state index contributed by atoms with van der Waals surface area (Å²) in [5.74, 6) is -0.243. The van der Waals surface area contributed by atoms with Crippen LogP contribution < -0.4 is 11.1 Å². The van der Waals surface area contributed by atoms with E-state index < -0.39 is 0 Å². The van der Waals surface area contributed by atoms with Crippen molar-refractivity contribution in [1.29, 1.82) is 0 Å². The summed E-state index contributed by atoms with van der Waals surface area (Å²) >= 11 is 3.30. The van der Waals surface area contributed by atoms with Crippen molar-refractivity contribution in [3.8, 4) is 0 Å². The molecule has 0 spiro atoms. The molecule has 1 rings (SSSR count). The molecule has 0 aromatic heterocycles. The number of anilines is 1. The maximum Gasteiger partial charge on any atom is 0.146 e. The van der Waals surface area contributed by atoms with Crippen LogP contribution in [0.3, 0.4) is 0 Å². The average Bonchev–Trinajstić information content (AvgIpc) is 2.09. The van der Waals surface area contributed by atoms with Crippen LogP contribution in [0.1, 0.15) is 20.3 Å². The molecule has 0 amide bonds. The molecular formula is C11H16BrFN2. The second-order valence-corrected chi connectivity index (χ2v) is 5.21. The monoisotopic (exact) mass is 274 g/mol. The quantitative estimate of drug-likeness (QED) is 0.886. The van der Waals surface area contributed by atoms with Gasteiger partial charge in [0.05, 0.1) is 5.69 Å². The van der Waals surface area contributed by atoms with Gasteiger partial charge in [0.1, 0.15) is 5.82 Å². The SMILES string of the molecule is CC(C)(N)CCNc1cc(Br)ccc1F. The third-order valence-corrected chi connectivity index (χ3v) is 2.51. The fourth-order valence-electron chi connectivity index (χ4n) is 1.15. The number of nitrogens with one attached hydrogen (secondary N) is 1. The first-order chi connectivity index (χ1) is 6.88. The van der Waals surface area contributed by atoms with Gasteiger partial charge in [-0.2, -0.15) is 0 Å². The number of hydrogen-bond acceptors (Lipinski definition) is 2. The van der Waals surface area contributed by atoms with Gasteiger partial charge in [-0.15, -0.1) is 0 Å². The van der Waals surface area contributed by atoms with Crippen LogP contribution in [0.5, 0.6) is 0 Å². The summed E-state index contributed by atoms with van der Waals surface area (Å²) in [6, 6.07) is 4.83. The largest absolute Gasteiger partial charge is 0.383 e. The van der Waals surface area contributed by atoms with Crippen molar-refractivity contribution in [3.63, 3.8) is 0 Å². The van der Waals surface area contributed by atoms with Gasteiger partial charge in [0.2, 0.25) is 0 Å². The molecule has 0 heterocycles. The molecule has 15 heavy (non-hydrogen) atoms. The van der Waals surface area contributed by atoms with E-state index in [9.17, 15) is 4.39 Å². The highest BCUT2D eigenvalue weighted by Gasteiger charge is 2.10. The van der Waals surface area contributed by atoms with Crippen LogP contribution in [0.25, 0.3) is 0 Å². The van der Waals surface area contributed by atoms with Crippen molar-refractivity contribution < 1.29 is 4.39 Å². The number of hydrogen-bond donors (Lipinski definition) is 2. The van der Waals surface area contributed by atoms with E-state index in [1.165, 1.54) is 6.07 Å². The van der Waals surface area contributed by atoms with Gasteiger partial charge in [-0.05, 0) is 38.5 Å². The smallest absolute Gasteiger partial charge is 0.146 e. The highest BCUT2D eigenvalue weighted by molar-refractivity contribution is 9.10. The highest BCUT2D eigenvalue weighted by atomic mass is 79.9. The second-order valence-electron chi connectivity index (χ2n) is 4.29. The molecule has 0 aliphatic rings. The Bertz CT molecular complexity index is 334. The predicted octanol–water partition coefficient (Wildman–Crippen LogP) is 3.13. The maximum absolute atomic E-state index is 13.3. The third kappa shape index (κ3) is 4.62. The second kappa shape index (κ2) is 4.94. The molecular weight excluding hydrogens is 259 g/mol. The zero-order valence-electron chi connectivity index (χ0n) is 8.98. The fourth-order valence-corrected chi connectivity index (χ4v) is 1.51. The molecule has 0 fully saturated rings. The molecule has 1 aromatic carbocycles. The van der Waals surface area contributed by atoms with Gasteiger partial charge in [-0.25, -0.2) is 4.39 Å². The zero-order valence-corrected chi connectivity index (χ0v) is 10.6. The van der Waals surface area contributed by atoms with Crippen LogP contribution in [-0.2, 0) is 0 Å². The van der Waals surface area contributed by atoms with E-state index in [0.29, 0.717) is 12.2 Å². The van der Waals surface area contributed by atoms with Crippen molar-refractivity contribution in [2.24, 2.45) is 5.73 Å². The Hall–Kier alpha value is -0.610. The summed E-state index contributed by atoms with van der Waals surface area (Å²) in [6.07, 6.45) is 0.791. The predicted molar refractivity (Wildman–Crippen MR) is 65.5 cm³/mol. The van der Waals surface area contributed by atoms with Gasteiger partial charge < -0.3 is 11.1 Å². The van der Waals surface area contributed by atoms with Crippen LogP contribution in [0.2, 0.25) is 0 Å². The van der Waals surface area contributed by atoms with Crippen molar-refractivity contribution in [3.05, 3.63) is 28.5 Å². The van der Waals surface area contributed by atoms with Crippen molar-refractivity contribution in [2.45, 2.75) is 25.8 Å². The molecule has 0 aliphatic heterocycles. The summed E-state index contributed by atoms with van der Waals surface area (Å²) in [6.45, 7) is 4.56. The molecule has 2 nitrogen and oxygen atoms in total. The van der Waals surface area contributed by atoms with E-state index in [1.54, 1.807) is 12.1 Å². The first kappa shape index (κ1) is 12.5. The summed E-state index contributed by atoms with van der Waals surface area (Å²) < 4.78 is 14.1. The fraction of sp³-hybridized carbons (Fsp3) is 0.455. The van der Waals surface area contributed by atoms with Gasteiger partial charge in [0.25, 0.3) is 0 Å². The number of rotatable bonds is 4. The molecule has 0 radical (unpaired) electrons. The van der Waals surface area contributed by atoms with E-state index in [2.05, 4.69) is 21.2 Å². The van der Waals surface area contributed by atoms with Gasteiger partial charge in [-0.3, -0.25) is 0 Å². The molecule has 4 heteroatoms. The topological polar surface area (TPSA) is 38.0 Å². The van der Waals surface area contributed by atoms with E-state index in [0.717, 1.165) is 10.9 Å². The Kier molecular flexibility index (Phi) is 4.11. The molecule has 0 saturated heterocycles. The lowest BCUT2D eigenvalue weighted by atomic mass is 10.0. The number of halogens is 2. The Labute approximate surface area is 98.2 Å².